The molecular formula is C16H25N3O2. The first kappa shape index (κ1) is 15.9. The van der Waals surface area contributed by atoms with Gasteiger partial charge in [-0.25, -0.2) is 0 Å². The summed E-state index contributed by atoms with van der Waals surface area (Å²) in [7, 11) is 0. The molecule has 0 bridgehead atoms. The van der Waals surface area contributed by atoms with Crippen LogP contribution in [0.1, 0.15) is 25.3 Å². The van der Waals surface area contributed by atoms with E-state index in [9.17, 15) is 4.79 Å². The molecule has 0 spiro atoms. The van der Waals surface area contributed by atoms with Crippen molar-refractivity contribution in [3.05, 3.63) is 29.8 Å². The lowest BCUT2D eigenvalue weighted by molar-refractivity contribution is -0.116. The number of morpholine rings is 1. The Kier molecular flexibility index (Phi) is 6.17. The summed E-state index contributed by atoms with van der Waals surface area (Å²) in [6, 6.07) is 7.67. The Labute approximate surface area is 126 Å². The molecule has 1 fully saturated rings. The molecule has 1 aliphatic heterocycles. The molecule has 0 radical (unpaired) electrons. The van der Waals surface area contributed by atoms with E-state index >= 15 is 0 Å². The number of benzene rings is 1. The van der Waals surface area contributed by atoms with Crippen LogP contribution in [-0.4, -0.2) is 43.2 Å². The van der Waals surface area contributed by atoms with Crippen LogP contribution < -0.4 is 11.1 Å². The standard InChI is InChI=1S/C16H25N3O2/c1-13-12-19(8-9-21-13)7-3-6-16(20)18-15-5-2-4-14(10-15)11-17/h2,4-5,10,13H,3,6-9,11-12,17H2,1H3,(H,18,20). The van der Waals surface area contributed by atoms with Gasteiger partial charge in [-0.3, -0.25) is 9.69 Å². The fourth-order valence-electron chi connectivity index (χ4n) is 2.56. The lowest BCUT2D eigenvalue weighted by Gasteiger charge is -2.30. The maximum Gasteiger partial charge on any atom is 0.224 e. The Morgan fingerprint density at radius 3 is 3.14 bits per heavy atom. The van der Waals surface area contributed by atoms with Crippen LogP contribution in [0.5, 0.6) is 0 Å². The predicted octanol–water partition coefficient (Wildman–Crippen LogP) is 1.58. The zero-order chi connectivity index (χ0) is 15.1. The minimum Gasteiger partial charge on any atom is -0.376 e. The second-order valence-corrected chi connectivity index (χ2v) is 5.54. The van der Waals surface area contributed by atoms with Crippen LogP contribution in [0.25, 0.3) is 0 Å². The Bertz CT molecular complexity index is 465. The molecule has 21 heavy (non-hydrogen) atoms. The predicted molar refractivity (Wildman–Crippen MR) is 84.1 cm³/mol. The third kappa shape index (κ3) is 5.46. The molecule has 5 nitrogen and oxygen atoms in total. The number of carbonyl (C=O) groups is 1. The van der Waals surface area contributed by atoms with Gasteiger partial charge < -0.3 is 15.8 Å². The molecule has 1 aromatic rings. The summed E-state index contributed by atoms with van der Waals surface area (Å²) in [6.45, 7) is 6.23. The first-order valence-corrected chi connectivity index (χ1v) is 7.60. The van der Waals surface area contributed by atoms with Gasteiger partial charge in [-0.05, 0) is 37.6 Å². The van der Waals surface area contributed by atoms with E-state index in [1.807, 2.05) is 24.3 Å². The Morgan fingerprint density at radius 1 is 1.52 bits per heavy atom. The Balaban J connectivity index is 1.69. The SMILES string of the molecule is CC1CN(CCCC(=O)Nc2cccc(CN)c2)CCO1. The number of ether oxygens (including phenoxy) is 1. The summed E-state index contributed by atoms with van der Waals surface area (Å²) in [5.41, 5.74) is 7.44. The Morgan fingerprint density at radius 2 is 2.38 bits per heavy atom. The van der Waals surface area contributed by atoms with Crippen LogP contribution in [0.4, 0.5) is 5.69 Å². The molecule has 1 heterocycles. The number of nitrogens with zero attached hydrogens (tertiary/aromatic N) is 1. The molecule has 1 saturated heterocycles. The van der Waals surface area contributed by atoms with E-state index < -0.39 is 0 Å². The lowest BCUT2D eigenvalue weighted by Crippen LogP contribution is -2.41. The first-order chi connectivity index (χ1) is 10.2. The van der Waals surface area contributed by atoms with Gasteiger partial charge in [-0.1, -0.05) is 12.1 Å². The Hall–Kier alpha value is -1.43. The summed E-state index contributed by atoms with van der Waals surface area (Å²) in [5.74, 6) is 0.0606. The maximum absolute atomic E-state index is 11.9. The van der Waals surface area contributed by atoms with Gasteiger partial charge in [0.05, 0.1) is 12.7 Å². The molecule has 0 aromatic heterocycles. The van der Waals surface area contributed by atoms with Crippen molar-refractivity contribution >= 4 is 11.6 Å². The number of nitrogens with two attached hydrogens (primary N) is 1. The summed E-state index contributed by atoms with van der Waals surface area (Å²) < 4.78 is 5.51. The van der Waals surface area contributed by atoms with Crippen molar-refractivity contribution < 1.29 is 9.53 Å². The van der Waals surface area contributed by atoms with E-state index in [1.165, 1.54) is 0 Å². The minimum absolute atomic E-state index is 0.0606. The average Bonchev–Trinajstić information content (AvgIpc) is 2.47. The van der Waals surface area contributed by atoms with Crippen molar-refractivity contribution in [2.45, 2.75) is 32.4 Å². The normalized spacial score (nSPS) is 19.4. The molecule has 0 saturated carbocycles. The highest BCUT2D eigenvalue weighted by Gasteiger charge is 2.16. The molecule has 1 unspecified atom stereocenters. The van der Waals surface area contributed by atoms with Crippen molar-refractivity contribution in [3.8, 4) is 0 Å². The highest BCUT2D eigenvalue weighted by atomic mass is 16.5. The van der Waals surface area contributed by atoms with Crippen LogP contribution in [0.15, 0.2) is 24.3 Å². The largest absolute Gasteiger partial charge is 0.376 e. The summed E-state index contributed by atoms with van der Waals surface area (Å²) >= 11 is 0. The second-order valence-electron chi connectivity index (χ2n) is 5.54. The van der Waals surface area contributed by atoms with Gasteiger partial charge in [0.2, 0.25) is 5.91 Å². The van der Waals surface area contributed by atoms with Gasteiger partial charge >= 0.3 is 0 Å². The quantitative estimate of drug-likeness (QED) is 0.835. The van der Waals surface area contributed by atoms with Crippen molar-refractivity contribution in [1.29, 1.82) is 0 Å². The number of hydrogen-bond donors (Lipinski definition) is 2. The van der Waals surface area contributed by atoms with E-state index in [2.05, 4.69) is 17.1 Å². The number of rotatable bonds is 6. The number of nitrogens with one attached hydrogen (secondary N) is 1. The van der Waals surface area contributed by atoms with Gasteiger partial charge in [0.15, 0.2) is 0 Å². The zero-order valence-electron chi connectivity index (χ0n) is 12.7. The molecule has 1 atom stereocenters. The maximum atomic E-state index is 11.9. The van der Waals surface area contributed by atoms with E-state index in [1.54, 1.807) is 0 Å². The molecule has 116 valence electrons. The summed E-state index contributed by atoms with van der Waals surface area (Å²) in [5, 5.41) is 2.93. The molecule has 1 amide bonds. The molecule has 3 N–H and O–H groups in total. The van der Waals surface area contributed by atoms with Gasteiger partial charge in [-0.15, -0.1) is 0 Å². The number of amides is 1. The van der Waals surface area contributed by atoms with Gasteiger partial charge in [0.1, 0.15) is 0 Å². The fraction of sp³-hybridized carbons (Fsp3) is 0.562. The van der Waals surface area contributed by atoms with Crippen LogP contribution in [-0.2, 0) is 16.1 Å². The second kappa shape index (κ2) is 8.12. The number of hydrogen-bond acceptors (Lipinski definition) is 4. The smallest absolute Gasteiger partial charge is 0.224 e. The van der Waals surface area contributed by atoms with Crippen molar-refractivity contribution in [2.24, 2.45) is 5.73 Å². The number of carbonyl (C=O) groups excluding carboxylic acids is 1. The molecule has 0 aliphatic carbocycles. The number of anilines is 1. The van der Waals surface area contributed by atoms with Crippen LogP contribution in [0.2, 0.25) is 0 Å². The first-order valence-electron chi connectivity index (χ1n) is 7.60. The van der Waals surface area contributed by atoms with E-state index in [-0.39, 0.29) is 5.91 Å². The molecule has 2 rings (SSSR count). The van der Waals surface area contributed by atoms with E-state index in [4.69, 9.17) is 10.5 Å². The molecule has 5 heteroatoms. The average molecular weight is 291 g/mol. The topological polar surface area (TPSA) is 67.6 Å². The zero-order valence-corrected chi connectivity index (χ0v) is 12.7. The van der Waals surface area contributed by atoms with Crippen LogP contribution in [0, 0.1) is 0 Å². The van der Waals surface area contributed by atoms with Gasteiger partial charge in [-0.2, -0.15) is 0 Å². The lowest BCUT2D eigenvalue weighted by atomic mass is 10.2. The van der Waals surface area contributed by atoms with Gasteiger partial charge in [0, 0.05) is 31.7 Å². The summed E-state index contributed by atoms with van der Waals surface area (Å²) in [4.78, 5) is 14.3. The van der Waals surface area contributed by atoms with Gasteiger partial charge in [0.25, 0.3) is 0 Å². The highest BCUT2D eigenvalue weighted by molar-refractivity contribution is 5.90. The van der Waals surface area contributed by atoms with Crippen molar-refractivity contribution in [2.75, 3.05) is 31.6 Å². The monoisotopic (exact) mass is 291 g/mol. The van der Waals surface area contributed by atoms with E-state index in [0.717, 1.165) is 43.9 Å². The highest BCUT2D eigenvalue weighted by Crippen LogP contribution is 2.11. The van der Waals surface area contributed by atoms with Crippen molar-refractivity contribution in [3.63, 3.8) is 0 Å². The van der Waals surface area contributed by atoms with Crippen molar-refractivity contribution in [1.82, 2.24) is 4.90 Å². The third-order valence-corrected chi connectivity index (χ3v) is 3.65. The minimum atomic E-state index is 0.0606. The molecule has 1 aliphatic rings. The summed E-state index contributed by atoms with van der Waals surface area (Å²) in [6.07, 6.45) is 1.71. The van der Waals surface area contributed by atoms with E-state index in [0.29, 0.717) is 19.1 Å². The fourth-order valence-corrected chi connectivity index (χ4v) is 2.56. The molecule has 1 aromatic carbocycles. The third-order valence-electron chi connectivity index (χ3n) is 3.65. The van der Waals surface area contributed by atoms with Crippen LogP contribution >= 0.6 is 0 Å². The molecular weight excluding hydrogens is 266 g/mol. The van der Waals surface area contributed by atoms with Crippen LogP contribution in [0.3, 0.4) is 0 Å².